The van der Waals surface area contributed by atoms with Gasteiger partial charge >= 0.3 is 0 Å². The lowest BCUT2D eigenvalue weighted by Gasteiger charge is -2.42. The van der Waals surface area contributed by atoms with E-state index in [9.17, 15) is 5.11 Å². The van der Waals surface area contributed by atoms with E-state index in [1.54, 1.807) is 0 Å². The Labute approximate surface area is 113 Å². The molecule has 1 rings (SSSR count). The van der Waals surface area contributed by atoms with Crippen LogP contribution in [0.1, 0.15) is 52.9 Å². The molecule has 0 bridgehead atoms. The molecule has 0 aromatic carbocycles. The maximum Gasteiger partial charge on any atom is 0.0558 e. The van der Waals surface area contributed by atoms with Crippen molar-refractivity contribution in [2.24, 2.45) is 5.41 Å². The Morgan fingerprint density at radius 1 is 1.33 bits per heavy atom. The van der Waals surface area contributed by atoms with Crippen molar-refractivity contribution in [3.63, 3.8) is 0 Å². The van der Waals surface area contributed by atoms with Gasteiger partial charge in [0, 0.05) is 25.7 Å². The molecule has 0 aromatic heterocycles. The van der Waals surface area contributed by atoms with E-state index in [4.69, 9.17) is 0 Å². The molecule has 1 unspecified atom stereocenters. The summed E-state index contributed by atoms with van der Waals surface area (Å²) in [4.78, 5) is 2.51. The molecular weight excluding hydrogens is 224 g/mol. The van der Waals surface area contributed by atoms with Gasteiger partial charge in [0.2, 0.25) is 0 Å². The van der Waals surface area contributed by atoms with Crippen molar-refractivity contribution in [2.45, 2.75) is 58.9 Å². The minimum atomic E-state index is 0.290. The van der Waals surface area contributed by atoms with Gasteiger partial charge in [0.25, 0.3) is 0 Å². The van der Waals surface area contributed by atoms with E-state index in [-0.39, 0.29) is 0 Å². The van der Waals surface area contributed by atoms with E-state index >= 15 is 0 Å². The van der Waals surface area contributed by atoms with Crippen molar-refractivity contribution in [1.29, 1.82) is 0 Å². The fourth-order valence-corrected chi connectivity index (χ4v) is 2.62. The van der Waals surface area contributed by atoms with Gasteiger partial charge in [-0.05, 0) is 37.6 Å². The van der Waals surface area contributed by atoms with E-state index in [2.05, 4.69) is 31.0 Å². The van der Waals surface area contributed by atoms with Crippen LogP contribution in [-0.4, -0.2) is 48.8 Å². The van der Waals surface area contributed by atoms with Crippen molar-refractivity contribution >= 4 is 0 Å². The quantitative estimate of drug-likeness (QED) is 0.589. The van der Waals surface area contributed by atoms with Crippen molar-refractivity contribution in [1.82, 2.24) is 10.2 Å². The Morgan fingerprint density at radius 3 is 2.50 bits per heavy atom. The molecule has 1 atom stereocenters. The third-order valence-electron chi connectivity index (χ3n) is 4.40. The molecular formula is C15H32N2O. The van der Waals surface area contributed by atoms with Gasteiger partial charge in [0.15, 0.2) is 0 Å². The van der Waals surface area contributed by atoms with E-state index in [0.717, 1.165) is 32.2 Å². The van der Waals surface area contributed by atoms with E-state index in [0.29, 0.717) is 12.0 Å². The first-order valence-electron chi connectivity index (χ1n) is 7.71. The second-order valence-electron chi connectivity index (χ2n) is 6.12. The maximum absolute atomic E-state index is 9.23. The minimum Gasteiger partial charge on any atom is -0.395 e. The van der Waals surface area contributed by atoms with Gasteiger partial charge in [-0.3, -0.25) is 4.90 Å². The lowest BCUT2D eigenvalue weighted by Crippen LogP contribution is -2.49. The van der Waals surface area contributed by atoms with Crippen molar-refractivity contribution in [3.05, 3.63) is 0 Å². The Hall–Kier alpha value is -0.120. The monoisotopic (exact) mass is 256 g/mol. The summed E-state index contributed by atoms with van der Waals surface area (Å²) in [6, 6.07) is 0.731. The van der Waals surface area contributed by atoms with Gasteiger partial charge in [0.05, 0.1) is 6.61 Å². The predicted octanol–water partition coefficient (Wildman–Crippen LogP) is 2.25. The molecule has 1 saturated carbocycles. The van der Waals surface area contributed by atoms with E-state index in [1.165, 1.54) is 32.1 Å². The second kappa shape index (κ2) is 8.13. The molecule has 0 saturated heterocycles. The third kappa shape index (κ3) is 4.87. The predicted molar refractivity (Wildman–Crippen MR) is 77.9 cm³/mol. The number of nitrogens with zero attached hydrogens (tertiary/aromatic N) is 1. The first-order chi connectivity index (χ1) is 8.65. The summed E-state index contributed by atoms with van der Waals surface area (Å²) in [6.45, 7) is 11.3. The minimum absolute atomic E-state index is 0.290. The van der Waals surface area contributed by atoms with Gasteiger partial charge < -0.3 is 10.4 Å². The normalized spacial score (nSPS) is 19.8. The number of aliphatic hydroxyl groups excluding tert-OH is 1. The molecule has 1 aliphatic rings. The molecule has 3 nitrogen and oxygen atoms in total. The molecule has 1 aliphatic carbocycles. The van der Waals surface area contributed by atoms with Crippen molar-refractivity contribution in [2.75, 3.05) is 32.8 Å². The topological polar surface area (TPSA) is 35.5 Å². The summed E-state index contributed by atoms with van der Waals surface area (Å²) in [5.41, 5.74) is 0.333. The van der Waals surface area contributed by atoms with Crippen molar-refractivity contribution < 1.29 is 5.11 Å². The van der Waals surface area contributed by atoms with Crippen LogP contribution in [0.3, 0.4) is 0 Å². The van der Waals surface area contributed by atoms with Crippen molar-refractivity contribution in [3.8, 4) is 0 Å². The largest absolute Gasteiger partial charge is 0.395 e. The van der Waals surface area contributed by atoms with E-state index in [1.807, 2.05) is 0 Å². The molecule has 2 N–H and O–H groups in total. The number of aliphatic hydroxyl groups is 1. The fraction of sp³-hybridized carbons (Fsp3) is 1.00. The molecule has 1 fully saturated rings. The first kappa shape index (κ1) is 15.9. The average molecular weight is 256 g/mol. The highest BCUT2D eigenvalue weighted by atomic mass is 16.3. The summed E-state index contributed by atoms with van der Waals surface area (Å²) in [7, 11) is 0. The van der Waals surface area contributed by atoms with Gasteiger partial charge in [-0.1, -0.05) is 27.2 Å². The lowest BCUT2D eigenvalue weighted by atomic mass is 9.84. The Balaban J connectivity index is 2.45. The smallest absolute Gasteiger partial charge is 0.0558 e. The van der Waals surface area contributed by atoms with Gasteiger partial charge in [-0.25, -0.2) is 0 Å². The second-order valence-corrected chi connectivity index (χ2v) is 6.12. The van der Waals surface area contributed by atoms with Crippen LogP contribution in [0.4, 0.5) is 0 Å². The molecule has 0 aliphatic heterocycles. The molecule has 0 aromatic rings. The van der Waals surface area contributed by atoms with Crippen LogP contribution in [0.25, 0.3) is 0 Å². The number of rotatable bonds is 10. The highest BCUT2D eigenvalue weighted by Gasteiger charge is 2.31. The first-order valence-corrected chi connectivity index (χ1v) is 7.71. The molecule has 108 valence electrons. The maximum atomic E-state index is 9.23. The Kier molecular flexibility index (Phi) is 7.20. The molecule has 0 amide bonds. The summed E-state index contributed by atoms with van der Waals surface area (Å²) < 4.78 is 0. The number of hydrogen-bond donors (Lipinski definition) is 2. The van der Waals surface area contributed by atoms with Crippen LogP contribution in [0, 0.1) is 5.41 Å². The Bertz CT molecular complexity index is 219. The van der Waals surface area contributed by atoms with Crippen LogP contribution >= 0.6 is 0 Å². The summed E-state index contributed by atoms with van der Waals surface area (Å²) in [5.74, 6) is 0. The van der Waals surface area contributed by atoms with Gasteiger partial charge in [0.1, 0.15) is 0 Å². The fourth-order valence-electron chi connectivity index (χ4n) is 2.62. The van der Waals surface area contributed by atoms with Gasteiger partial charge in [-0.2, -0.15) is 0 Å². The molecule has 0 spiro atoms. The number of nitrogens with one attached hydrogen (secondary N) is 1. The number of hydrogen-bond acceptors (Lipinski definition) is 3. The SMILES string of the molecule is CCCNCC(C)(CC)CN(CCO)C1CCC1. The van der Waals surface area contributed by atoms with Crippen LogP contribution < -0.4 is 5.32 Å². The standard InChI is InChI=1S/C15H32N2O/c1-4-9-16-12-15(3,5-2)13-17(10-11-18)14-7-6-8-14/h14,16,18H,4-13H2,1-3H3. The van der Waals surface area contributed by atoms with Crippen LogP contribution in [-0.2, 0) is 0 Å². The van der Waals surface area contributed by atoms with Crippen LogP contribution in [0.15, 0.2) is 0 Å². The summed E-state index contributed by atoms with van der Waals surface area (Å²) >= 11 is 0. The Morgan fingerprint density at radius 2 is 2.06 bits per heavy atom. The van der Waals surface area contributed by atoms with E-state index < -0.39 is 0 Å². The zero-order chi connectivity index (χ0) is 13.4. The average Bonchev–Trinajstić information content (AvgIpc) is 2.27. The molecule has 18 heavy (non-hydrogen) atoms. The zero-order valence-electron chi connectivity index (χ0n) is 12.5. The summed E-state index contributed by atoms with van der Waals surface area (Å²) in [6.07, 6.45) is 6.40. The highest BCUT2D eigenvalue weighted by molar-refractivity contribution is 4.86. The van der Waals surface area contributed by atoms with Crippen LogP contribution in [0.2, 0.25) is 0 Å². The molecule has 0 heterocycles. The summed E-state index contributed by atoms with van der Waals surface area (Å²) in [5, 5.41) is 12.8. The van der Waals surface area contributed by atoms with Crippen LogP contribution in [0.5, 0.6) is 0 Å². The highest BCUT2D eigenvalue weighted by Crippen LogP contribution is 2.29. The van der Waals surface area contributed by atoms with Gasteiger partial charge in [-0.15, -0.1) is 0 Å². The molecule has 0 radical (unpaired) electrons. The third-order valence-corrected chi connectivity index (χ3v) is 4.40. The lowest BCUT2D eigenvalue weighted by molar-refractivity contribution is 0.0568. The molecule has 3 heteroatoms. The zero-order valence-corrected chi connectivity index (χ0v) is 12.5.